The van der Waals surface area contributed by atoms with Crippen molar-refractivity contribution in [2.75, 3.05) is 57.4 Å². The highest BCUT2D eigenvalue weighted by Gasteiger charge is 2.28. The molecular formula is C18H23N3O5. The average molecular weight is 361 g/mol. The van der Waals surface area contributed by atoms with Gasteiger partial charge in [0, 0.05) is 31.7 Å². The first-order valence-electron chi connectivity index (χ1n) is 8.69. The van der Waals surface area contributed by atoms with Crippen LogP contribution in [-0.4, -0.2) is 75.0 Å². The number of anilines is 1. The van der Waals surface area contributed by atoms with Gasteiger partial charge in [0.1, 0.15) is 12.3 Å². The number of nitrogens with zero attached hydrogens (tertiary/aromatic N) is 2. The lowest BCUT2D eigenvalue weighted by molar-refractivity contribution is -0.125. The summed E-state index contributed by atoms with van der Waals surface area (Å²) in [5.41, 5.74) is 0.928. The van der Waals surface area contributed by atoms with Crippen LogP contribution in [0.4, 0.5) is 5.69 Å². The van der Waals surface area contributed by atoms with E-state index in [1.54, 1.807) is 18.2 Å². The summed E-state index contributed by atoms with van der Waals surface area (Å²) in [7, 11) is 0. The van der Waals surface area contributed by atoms with Crippen molar-refractivity contribution >= 4 is 23.3 Å². The fraction of sp³-hybridized carbons (Fsp3) is 0.500. The summed E-state index contributed by atoms with van der Waals surface area (Å²) < 4.78 is 10.7. The van der Waals surface area contributed by atoms with Crippen LogP contribution < -0.4 is 15.0 Å². The average Bonchev–Trinajstić information content (AvgIpc) is 2.64. The Balaban J connectivity index is 1.59. The van der Waals surface area contributed by atoms with E-state index in [9.17, 15) is 14.4 Å². The number of hydrogen-bond donors (Lipinski definition) is 1. The van der Waals surface area contributed by atoms with E-state index in [0.717, 1.165) is 19.6 Å². The van der Waals surface area contributed by atoms with Crippen molar-refractivity contribution in [2.24, 2.45) is 0 Å². The standard InChI is InChI=1S/C18H23N3O5/c1-13(22)14-2-3-16-15(10-14)21(18(24)12-26-16)11-17(23)19-4-5-20-6-8-25-9-7-20/h2-3,10H,4-9,11-12H2,1H3,(H,19,23). The van der Waals surface area contributed by atoms with E-state index in [1.165, 1.54) is 11.8 Å². The first-order valence-corrected chi connectivity index (χ1v) is 8.69. The van der Waals surface area contributed by atoms with Gasteiger partial charge in [0.25, 0.3) is 5.91 Å². The summed E-state index contributed by atoms with van der Waals surface area (Å²) >= 11 is 0. The Labute approximate surface area is 152 Å². The number of hydrogen-bond acceptors (Lipinski definition) is 6. The molecule has 1 saturated heterocycles. The molecule has 0 saturated carbocycles. The maximum Gasteiger partial charge on any atom is 0.265 e. The Kier molecular flexibility index (Phi) is 5.85. The molecule has 1 fully saturated rings. The summed E-state index contributed by atoms with van der Waals surface area (Å²) in [6.45, 7) is 5.65. The summed E-state index contributed by atoms with van der Waals surface area (Å²) in [5.74, 6) is -0.161. The van der Waals surface area contributed by atoms with Crippen LogP contribution in [-0.2, 0) is 14.3 Å². The lowest BCUT2D eigenvalue weighted by Crippen LogP contribution is -2.47. The van der Waals surface area contributed by atoms with Crippen molar-refractivity contribution in [1.29, 1.82) is 0 Å². The number of carbonyl (C=O) groups is 3. The van der Waals surface area contributed by atoms with Crippen molar-refractivity contribution in [3.63, 3.8) is 0 Å². The Morgan fingerprint density at radius 1 is 1.23 bits per heavy atom. The molecule has 26 heavy (non-hydrogen) atoms. The highest BCUT2D eigenvalue weighted by molar-refractivity contribution is 6.04. The molecule has 8 nitrogen and oxygen atoms in total. The van der Waals surface area contributed by atoms with Gasteiger partial charge in [-0.05, 0) is 25.1 Å². The number of ether oxygens (including phenoxy) is 2. The van der Waals surface area contributed by atoms with Crippen LogP contribution in [0.2, 0.25) is 0 Å². The number of fused-ring (bicyclic) bond motifs is 1. The normalized spacial score (nSPS) is 17.4. The van der Waals surface area contributed by atoms with Crippen molar-refractivity contribution in [2.45, 2.75) is 6.92 Å². The topological polar surface area (TPSA) is 88.2 Å². The van der Waals surface area contributed by atoms with Crippen molar-refractivity contribution in [3.8, 4) is 5.75 Å². The van der Waals surface area contributed by atoms with Gasteiger partial charge in [-0.15, -0.1) is 0 Å². The summed E-state index contributed by atoms with van der Waals surface area (Å²) in [5, 5.41) is 2.84. The van der Waals surface area contributed by atoms with E-state index < -0.39 is 0 Å². The highest BCUT2D eigenvalue weighted by atomic mass is 16.5. The first-order chi connectivity index (χ1) is 12.5. The van der Waals surface area contributed by atoms with Gasteiger partial charge in [-0.25, -0.2) is 0 Å². The van der Waals surface area contributed by atoms with E-state index in [2.05, 4.69) is 10.2 Å². The molecule has 0 aromatic heterocycles. The maximum absolute atomic E-state index is 12.3. The number of Topliss-reactive ketones (excluding diaryl/α,β-unsaturated/α-hetero) is 1. The molecule has 1 aromatic rings. The maximum atomic E-state index is 12.3. The molecule has 2 amide bonds. The van der Waals surface area contributed by atoms with E-state index in [1.807, 2.05) is 0 Å². The molecule has 2 aliphatic heterocycles. The van der Waals surface area contributed by atoms with Crippen LogP contribution in [0, 0.1) is 0 Å². The zero-order valence-electron chi connectivity index (χ0n) is 14.8. The van der Waals surface area contributed by atoms with Crippen LogP contribution in [0.15, 0.2) is 18.2 Å². The number of ketones is 1. The number of morpholine rings is 1. The van der Waals surface area contributed by atoms with Crippen LogP contribution >= 0.6 is 0 Å². The molecule has 0 atom stereocenters. The number of amides is 2. The monoisotopic (exact) mass is 361 g/mol. The minimum absolute atomic E-state index is 0.0976. The zero-order valence-corrected chi connectivity index (χ0v) is 14.8. The van der Waals surface area contributed by atoms with Crippen LogP contribution in [0.5, 0.6) is 5.75 Å². The Bertz CT molecular complexity index is 700. The van der Waals surface area contributed by atoms with Crippen molar-refractivity contribution in [3.05, 3.63) is 23.8 Å². The van der Waals surface area contributed by atoms with Gasteiger partial charge in [-0.2, -0.15) is 0 Å². The third-order valence-corrected chi connectivity index (χ3v) is 4.46. The molecule has 0 aliphatic carbocycles. The lowest BCUT2D eigenvalue weighted by atomic mass is 10.1. The minimum Gasteiger partial charge on any atom is -0.482 e. The molecule has 0 bridgehead atoms. The molecule has 0 radical (unpaired) electrons. The second kappa shape index (κ2) is 8.29. The molecule has 1 aromatic carbocycles. The Morgan fingerprint density at radius 2 is 2.00 bits per heavy atom. The van der Waals surface area contributed by atoms with Gasteiger partial charge >= 0.3 is 0 Å². The zero-order chi connectivity index (χ0) is 18.5. The quantitative estimate of drug-likeness (QED) is 0.721. The molecule has 2 aliphatic rings. The summed E-state index contributed by atoms with van der Waals surface area (Å²) in [6, 6.07) is 4.90. The number of nitrogens with one attached hydrogen (secondary N) is 1. The predicted octanol–water partition coefficient (Wildman–Crippen LogP) is 0.0630. The van der Waals surface area contributed by atoms with Gasteiger partial charge in [-0.3, -0.25) is 24.2 Å². The molecule has 8 heteroatoms. The molecule has 140 valence electrons. The minimum atomic E-state index is -0.304. The second-order valence-corrected chi connectivity index (χ2v) is 6.31. The van der Waals surface area contributed by atoms with E-state index in [-0.39, 0.29) is 30.7 Å². The molecular weight excluding hydrogens is 338 g/mol. The van der Waals surface area contributed by atoms with E-state index in [4.69, 9.17) is 9.47 Å². The molecule has 0 unspecified atom stereocenters. The van der Waals surface area contributed by atoms with Crippen LogP contribution in [0.25, 0.3) is 0 Å². The first kappa shape index (κ1) is 18.3. The number of carbonyl (C=O) groups excluding carboxylic acids is 3. The number of rotatable bonds is 6. The van der Waals surface area contributed by atoms with Gasteiger partial charge < -0.3 is 14.8 Å². The van der Waals surface area contributed by atoms with Gasteiger partial charge in [0.05, 0.1) is 18.9 Å². The summed E-state index contributed by atoms with van der Waals surface area (Å²) in [4.78, 5) is 39.7. The predicted molar refractivity (Wildman–Crippen MR) is 94.6 cm³/mol. The third-order valence-electron chi connectivity index (χ3n) is 4.46. The third kappa shape index (κ3) is 4.39. The van der Waals surface area contributed by atoms with Gasteiger partial charge in [0.15, 0.2) is 12.4 Å². The molecule has 3 rings (SSSR count). The van der Waals surface area contributed by atoms with E-state index in [0.29, 0.717) is 36.8 Å². The second-order valence-electron chi connectivity index (χ2n) is 6.31. The summed E-state index contributed by atoms with van der Waals surface area (Å²) in [6.07, 6.45) is 0. The SMILES string of the molecule is CC(=O)c1ccc2c(c1)N(CC(=O)NCCN1CCOCC1)C(=O)CO2. The molecule has 2 heterocycles. The smallest absolute Gasteiger partial charge is 0.265 e. The lowest BCUT2D eigenvalue weighted by Gasteiger charge is -2.29. The van der Waals surface area contributed by atoms with Crippen LogP contribution in [0.1, 0.15) is 17.3 Å². The highest BCUT2D eigenvalue weighted by Crippen LogP contribution is 2.32. The number of benzene rings is 1. The van der Waals surface area contributed by atoms with Gasteiger partial charge in [-0.1, -0.05) is 0 Å². The van der Waals surface area contributed by atoms with Crippen LogP contribution in [0.3, 0.4) is 0 Å². The Morgan fingerprint density at radius 3 is 2.73 bits per heavy atom. The van der Waals surface area contributed by atoms with Gasteiger partial charge in [0.2, 0.25) is 5.91 Å². The molecule has 1 N–H and O–H groups in total. The van der Waals surface area contributed by atoms with Crippen molar-refractivity contribution < 1.29 is 23.9 Å². The molecule has 0 spiro atoms. The van der Waals surface area contributed by atoms with E-state index >= 15 is 0 Å². The van der Waals surface area contributed by atoms with Crippen molar-refractivity contribution in [1.82, 2.24) is 10.2 Å². The fourth-order valence-electron chi connectivity index (χ4n) is 2.97. The fourth-order valence-corrected chi connectivity index (χ4v) is 2.97. The Hall–Kier alpha value is -2.45. The largest absolute Gasteiger partial charge is 0.482 e.